The van der Waals surface area contributed by atoms with Crippen LogP contribution in [0.4, 0.5) is 5.69 Å². The third-order valence-corrected chi connectivity index (χ3v) is 5.54. The van der Waals surface area contributed by atoms with E-state index >= 15 is 0 Å². The van der Waals surface area contributed by atoms with Crippen molar-refractivity contribution in [3.05, 3.63) is 52.5 Å². The molecule has 0 atom stereocenters. The first kappa shape index (κ1) is 21.7. The molecule has 2 aromatic rings. The lowest BCUT2D eigenvalue weighted by Crippen LogP contribution is -2.31. The lowest BCUT2D eigenvalue weighted by Gasteiger charge is -2.12. The van der Waals surface area contributed by atoms with Gasteiger partial charge in [0.05, 0.1) is 20.6 Å². The number of nitrogens with one attached hydrogen (secondary N) is 2. The van der Waals surface area contributed by atoms with E-state index in [9.17, 15) is 18.0 Å². The predicted octanol–water partition coefficient (Wildman–Crippen LogP) is 2.09. The molecule has 0 bridgehead atoms. The van der Waals surface area contributed by atoms with Crippen molar-refractivity contribution in [3.63, 3.8) is 0 Å². The first-order chi connectivity index (χ1) is 13.2. The van der Waals surface area contributed by atoms with Crippen LogP contribution < -0.4 is 14.8 Å². The molecular weight excluding hydrogens is 452 g/mol. The van der Waals surface area contributed by atoms with Crippen molar-refractivity contribution in [1.82, 2.24) is 5.32 Å². The topological polar surface area (TPSA) is 111 Å². The van der Waals surface area contributed by atoms with Crippen molar-refractivity contribution in [2.75, 3.05) is 25.5 Å². The number of hydrogen-bond acceptors (Lipinski definition) is 6. The van der Waals surface area contributed by atoms with Crippen LogP contribution in [0.15, 0.2) is 51.8 Å². The van der Waals surface area contributed by atoms with Gasteiger partial charge in [0.1, 0.15) is 17.2 Å². The molecule has 0 aliphatic carbocycles. The fraction of sp³-hybridized carbons (Fsp3) is 0.222. The highest BCUT2D eigenvalue weighted by atomic mass is 79.9. The summed E-state index contributed by atoms with van der Waals surface area (Å²) in [5.41, 5.74) is 0.992. The summed E-state index contributed by atoms with van der Waals surface area (Å²) in [4.78, 5) is 22.8. The van der Waals surface area contributed by atoms with Gasteiger partial charge in [-0.15, -0.1) is 0 Å². The molecule has 28 heavy (non-hydrogen) atoms. The molecule has 0 aliphatic heterocycles. The molecule has 0 radical (unpaired) electrons. The van der Waals surface area contributed by atoms with Crippen LogP contribution in [0, 0.1) is 0 Å². The van der Waals surface area contributed by atoms with Gasteiger partial charge in [0.25, 0.3) is 10.0 Å². The second-order valence-corrected chi connectivity index (χ2v) is 8.19. The molecule has 2 rings (SSSR count). The van der Waals surface area contributed by atoms with Crippen molar-refractivity contribution in [3.8, 4) is 5.75 Å². The van der Waals surface area contributed by atoms with Crippen LogP contribution in [0.25, 0.3) is 0 Å². The Labute approximate surface area is 171 Å². The summed E-state index contributed by atoms with van der Waals surface area (Å²) in [7, 11) is -1.25. The maximum Gasteiger partial charge on any atom is 0.325 e. The van der Waals surface area contributed by atoms with Gasteiger partial charge in [-0.25, -0.2) is 8.42 Å². The van der Waals surface area contributed by atoms with Crippen molar-refractivity contribution < 1.29 is 27.5 Å². The SMILES string of the molecule is COC(=O)CNC(=O)Cc1ccc(NS(=O)(=O)c2cc(Br)ccc2OC)cc1. The molecule has 150 valence electrons. The van der Waals surface area contributed by atoms with Crippen LogP contribution >= 0.6 is 15.9 Å². The third-order valence-electron chi connectivity index (χ3n) is 3.64. The predicted molar refractivity (Wildman–Crippen MR) is 107 cm³/mol. The highest BCUT2D eigenvalue weighted by Gasteiger charge is 2.20. The van der Waals surface area contributed by atoms with Gasteiger partial charge in [0, 0.05) is 10.2 Å². The zero-order valence-electron chi connectivity index (χ0n) is 15.2. The number of amides is 1. The maximum atomic E-state index is 12.7. The Morgan fingerprint density at radius 2 is 1.75 bits per heavy atom. The Bertz CT molecular complexity index is 961. The lowest BCUT2D eigenvalue weighted by atomic mass is 10.1. The van der Waals surface area contributed by atoms with Gasteiger partial charge in [0.15, 0.2) is 0 Å². The number of benzene rings is 2. The van der Waals surface area contributed by atoms with E-state index in [-0.39, 0.29) is 29.5 Å². The van der Waals surface area contributed by atoms with E-state index in [0.717, 1.165) is 0 Å². The Balaban J connectivity index is 2.07. The molecule has 0 heterocycles. The van der Waals surface area contributed by atoms with Gasteiger partial charge in [0.2, 0.25) is 5.91 Å². The van der Waals surface area contributed by atoms with E-state index in [1.165, 1.54) is 20.3 Å². The normalized spacial score (nSPS) is 10.8. The molecule has 2 aromatic carbocycles. The average Bonchev–Trinajstić information content (AvgIpc) is 2.67. The maximum absolute atomic E-state index is 12.7. The van der Waals surface area contributed by atoms with Gasteiger partial charge in [-0.3, -0.25) is 14.3 Å². The molecule has 0 spiro atoms. The summed E-state index contributed by atoms with van der Waals surface area (Å²) in [5.74, 6) is -0.673. The van der Waals surface area contributed by atoms with Crippen LogP contribution in [0.3, 0.4) is 0 Å². The lowest BCUT2D eigenvalue weighted by molar-refractivity contribution is -0.141. The second-order valence-electron chi connectivity index (χ2n) is 5.63. The molecule has 0 saturated carbocycles. The van der Waals surface area contributed by atoms with Gasteiger partial charge in [-0.2, -0.15) is 0 Å². The van der Waals surface area contributed by atoms with Crippen molar-refractivity contribution >= 4 is 43.5 Å². The Morgan fingerprint density at radius 3 is 2.36 bits per heavy atom. The third kappa shape index (κ3) is 5.96. The molecule has 2 N–H and O–H groups in total. The van der Waals surface area contributed by atoms with E-state index in [1.54, 1.807) is 36.4 Å². The number of halogens is 1. The minimum atomic E-state index is -3.87. The Hall–Kier alpha value is -2.59. The van der Waals surface area contributed by atoms with Crippen LogP contribution in [-0.2, 0) is 30.8 Å². The number of esters is 1. The summed E-state index contributed by atoms with van der Waals surface area (Å²) < 4.78 is 37.9. The summed E-state index contributed by atoms with van der Waals surface area (Å²) in [6.45, 7) is -0.207. The van der Waals surface area contributed by atoms with Crippen molar-refractivity contribution in [2.45, 2.75) is 11.3 Å². The number of carbonyl (C=O) groups is 2. The molecule has 0 aromatic heterocycles. The first-order valence-corrected chi connectivity index (χ1v) is 10.3. The standard InChI is InChI=1S/C18H19BrN2O6S/c1-26-15-8-5-13(19)10-16(15)28(24,25)21-14-6-3-12(4-7-14)9-17(22)20-11-18(23)27-2/h3-8,10,21H,9,11H2,1-2H3,(H,20,22). The summed E-state index contributed by atoms with van der Waals surface area (Å²) >= 11 is 3.25. The number of anilines is 1. The summed E-state index contributed by atoms with van der Waals surface area (Å²) in [5, 5.41) is 2.43. The van der Waals surface area contributed by atoms with Crippen LogP contribution in [0.2, 0.25) is 0 Å². The minimum Gasteiger partial charge on any atom is -0.495 e. The molecule has 8 nitrogen and oxygen atoms in total. The number of rotatable bonds is 8. The molecule has 0 fully saturated rings. The molecule has 1 amide bonds. The zero-order chi connectivity index (χ0) is 20.7. The number of methoxy groups -OCH3 is 2. The average molecular weight is 471 g/mol. The fourth-order valence-electron chi connectivity index (χ4n) is 2.25. The van der Waals surface area contributed by atoms with E-state index in [0.29, 0.717) is 15.7 Å². The monoisotopic (exact) mass is 470 g/mol. The molecule has 0 aliphatic rings. The summed E-state index contributed by atoms with van der Waals surface area (Å²) in [6, 6.07) is 11.0. The quantitative estimate of drug-likeness (QED) is 0.571. The van der Waals surface area contributed by atoms with E-state index in [4.69, 9.17) is 4.74 Å². The highest BCUT2D eigenvalue weighted by molar-refractivity contribution is 9.10. The second kappa shape index (κ2) is 9.56. The Kier molecular flexibility index (Phi) is 7.41. The van der Waals surface area contributed by atoms with Gasteiger partial charge < -0.3 is 14.8 Å². The number of hydrogen-bond donors (Lipinski definition) is 2. The largest absolute Gasteiger partial charge is 0.495 e. The smallest absolute Gasteiger partial charge is 0.325 e. The first-order valence-electron chi connectivity index (χ1n) is 8.04. The van der Waals surface area contributed by atoms with Crippen molar-refractivity contribution in [2.24, 2.45) is 0 Å². The van der Waals surface area contributed by atoms with Crippen LogP contribution in [0.5, 0.6) is 5.75 Å². The van der Waals surface area contributed by atoms with Crippen molar-refractivity contribution in [1.29, 1.82) is 0 Å². The number of sulfonamides is 1. The molecule has 10 heteroatoms. The molecule has 0 unspecified atom stereocenters. The van der Waals surface area contributed by atoms with E-state index < -0.39 is 16.0 Å². The van der Waals surface area contributed by atoms with Gasteiger partial charge in [-0.05, 0) is 35.9 Å². The van der Waals surface area contributed by atoms with Gasteiger partial charge in [-0.1, -0.05) is 28.1 Å². The minimum absolute atomic E-state index is 0.00404. The molecular formula is C18H19BrN2O6S. The fourth-order valence-corrected chi connectivity index (χ4v) is 4.02. The van der Waals surface area contributed by atoms with E-state index in [2.05, 4.69) is 30.7 Å². The molecule has 0 saturated heterocycles. The Morgan fingerprint density at radius 1 is 1.07 bits per heavy atom. The van der Waals surface area contributed by atoms with Crippen LogP contribution in [-0.4, -0.2) is 41.1 Å². The number of carbonyl (C=O) groups excluding carboxylic acids is 2. The van der Waals surface area contributed by atoms with Crippen LogP contribution in [0.1, 0.15) is 5.56 Å². The number of ether oxygens (including phenoxy) is 2. The zero-order valence-corrected chi connectivity index (χ0v) is 17.6. The highest BCUT2D eigenvalue weighted by Crippen LogP contribution is 2.28. The van der Waals surface area contributed by atoms with E-state index in [1.807, 2.05) is 0 Å². The van der Waals surface area contributed by atoms with Gasteiger partial charge >= 0.3 is 5.97 Å². The summed E-state index contributed by atoms with van der Waals surface area (Å²) in [6.07, 6.45) is 0.0451.